The predicted molar refractivity (Wildman–Crippen MR) is 121 cm³/mol. The minimum absolute atomic E-state index is 0.151. The first-order valence-corrected chi connectivity index (χ1v) is 11.3. The van der Waals surface area contributed by atoms with Crippen LogP contribution in [-0.2, 0) is 9.53 Å². The Morgan fingerprint density at radius 2 is 2.03 bits per heavy atom. The monoisotopic (exact) mass is 423 g/mol. The second-order valence-corrected chi connectivity index (χ2v) is 8.78. The summed E-state index contributed by atoms with van der Waals surface area (Å²) in [6.45, 7) is 4.45. The molecular formula is C24H33N5O2. The van der Waals surface area contributed by atoms with E-state index in [9.17, 15) is 4.79 Å². The third kappa shape index (κ3) is 5.40. The fraction of sp³-hybridized carbons (Fsp3) is 0.542. The van der Waals surface area contributed by atoms with Crippen LogP contribution in [0.3, 0.4) is 0 Å². The van der Waals surface area contributed by atoms with Gasteiger partial charge in [0.1, 0.15) is 11.9 Å². The Morgan fingerprint density at radius 1 is 1.23 bits per heavy atom. The number of pyridine rings is 2. The molecule has 0 unspecified atom stereocenters. The molecule has 2 N–H and O–H groups in total. The average molecular weight is 424 g/mol. The van der Waals surface area contributed by atoms with E-state index in [0.717, 1.165) is 41.9 Å². The fourth-order valence-electron chi connectivity index (χ4n) is 4.60. The van der Waals surface area contributed by atoms with E-state index in [-0.39, 0.29) is 12.0 Å². The molecule has 1 saturated heterocycles. The third-order valence-corrected chi connectivity index (χ3v) is 6.45. The summed E-state index contributed by atoms with van der Waals surface area (Å²) in [5.74, 6) is 0.710. The molecule has 1 aliphatic heterocycles. The molecule has 2 aliphatic rings. The number of hydrogen-bond acceptors (Lipinski definition) is 6. The number of ether oxygens (including phenoxy) is 1. The van der Waals surface area contributed by atoms with Crippen molar-refractivity contribution in [2.75, 3.05) is 39.0 Å². The molecule has 2 aromatic rings. The largest absolute Gasteiger partial charge is 0.384 e. The number of nitrogens with zero attached hydrogens (tertiary/aromatic N) is 4. The highest BCUT2D eigenvalue weighted by Crippen LogP contribution is 2.27. The number of amides is 1. The standard InChI is InChI=1S/C24H33N5O2/c1-17-12-19(18-8-9-23(25)26-14-18)13-21(27-17)22-15-29(10-11-31-22)16-24(30)28(2)20-6-4-3-5-7-20/h8-9,12-14,20,22H,3-7,10-11,15-16H2,1-2H3,(H2,25,26)/t22-/m1/s1. The number of nitrogen functional groups attached to an aromatic ring is 1. The van der Waals surface area contributed by atoms with Gasteiger partial charge in [-0.2, -0.15) is 0 Å². The summed E-state index contributed by atoms with van der Waals surface area (Å²) in [4.78, 5) is 26.0. The SMILES string of the molecule is Cc1cc(-c2ccc(N)nc2)cc([C@H]2CN(CC(=O)N(C)C3CCCCC3)CCO2)n1. The van der Waals surface area contributed by atoms with Crippen molar-refractivity contribution in [2.45, 2.75) is 51.2 Å². The topological polar surface area (TPSA) is 84.6 Å². The summed E-state index contributed by atoms with van der Waals surface area (Å²) >= 11 is 0. The van der Waals surface area contributed by atoms with Gasteiger partial charge in [0.2, 0.25) is 5.91 Å². The predicted octanol–water partition coefficient (Wildman–Crippen LogP) is 3.20. The number of hydrogen-bond donors (Lipinski definition) is 1. The van der Waals surface area contributed by atoms with Crippen LogP contribution in [0.15, 0.2) is 30.5 Å². The van der Waals surface area contributed by atoms with E-state index < -0.39 is 0 Å². The molecule has 1 aliphatic carbocycles. The van der Waals surface area contributed by atoms with Crippen LogP contribution in [0.2, 0.25) is 0 Å². The van der Waals surface area contributed by atoms with Gasteiger partial charge in [0.15, 0.2) is 0 Å². The molecule has 31 heavy (non-hydrogen) atoms. The number of morpholine rings is 1. The maximum Gasteiger partial charge on any atom is 0.236 e. The van der Waals surface area contributed by atoms with Gasteiger partial charge in [-0.25, -0.2) is 4.98 Å². The van der Waals surface area contributed by atoms with Crippen molar-refractivity contribution in [1.29, 1.82) is 0 Å². The highest BCUT2D eigenvalue weighted by Gasteiger charge is 2.28. The van der Waals surface area contributed by atoms with Crippen LogP contribution in [-0.4, -0.2) is 65.0 Å². The summed E-state index contributed by atoms with van der Waals surface area (Å²) in [7, 11) is 1.96. The Kier molecular flexibility index (Phi) is 6.83. The second kappa shape index (κ2) is 9.75. The number of carbonyl (C=O) groups is 1. The zero-order chi connectivity index (χ0) is 21.8. The van der Waals surface area contributed by atoms with Gasteiger partial charge >= 0.3 is 0 Å². The maximum atomic E-state index is 12.9. The smallest absolute Gasteiger partial charge is 0.236 e. The van der Waals surface area contributed by atoms with E-state index in [2.05, 4.69) is 16.0 Å². The molecule has 1 saturated carbocycles. The van der Waals surface area contributed by atoms with E-state index in [1.165, 1.54) is 19.3 Å². The highest BCUT2D eigenvalue weighted by molar-refractivity contribution is 5.78. The first kappa shape index (κ1) is 21.7. The lowest BCUT2D eigenvalue weighted by Gasteiger charge is -2.36. The zero-order valence-corrected chi connectivity index (χ0v) is 18.6. The van der Waals surface area contributed by atoms with Crippen molar-refractivity contribution in [2.24, 2.45) is 0 Å². The summed E-state index contributed by atoms with van der Waals surface area (Å²) in [6.07, 6.45) is 7.64. The molecular weight excluding hydrogens is 390 g/mol. The van der Waals surface area contributed by atoms with Crippen LogP contribution in [0.1, 0.15) is 49.6 Å². The lowest BCUT2D eigenvalue weighted by atomic mass is 9.94. The third-order valence-electron chi connectivity index (χ3n) is 6.45. The van der Waals surface area contributed by atoms with Crippen molar-refractivity contribution >= 4 is 11.7 Å². The van der Waals surface area contributed by atoms with Gasteiger partial charge in [-0.05, 0) is 49.6 Å². The minimum Gasteiger partial charge on any atom is -0.384 e. The Labute approximate surface area is 184 Å². The average Bonchev–Trinajstić information content (AvgIpc) is 2.79. The van der Waals surface area contributed by atoms with Crippen molar-refractivity contribution < 1.29 is 9.53 Å². The number of carbonyl (C=O) groups excluding carboxylic acids is 1. The van der Waals surface area contributed by atoms with Gasteiger partial charge in [-0.15, -0.1) is 0 Å². The second-order valence-electron chi connectivity index (χ2n) is 8.78. The van der Waals surface area contributed by atoms with Gasteiger partial charge in [0.25, 0.3) is 0 Å². The Bertz CT molecular complexity index is 895. The van der Waals surface area contributed by atoms with Crippen LogP contribution in [0.25, 0.3) is 11.1 Å². The van der Waals surface area contributed by atoms with Gasteiger partial charge in [-0.3, -0.25) is 14.7 Å². The summed E-state index contributed by atoms with van der Waals surface area (Å²) < 4.78 is 6.05. The molecule has 2 aromatic heterocycles. The van der Waals surface area contributed by atoms with Gasteiger partial charge < -0.3 is 15.4 Å². The molecule has 4 rings (SSSR count). The number of rotatable bonds is 5. The van der Waals surface area contributed by atoms with Crippen LogP contribution in [0.4, 0.5) is 5.82 Å². The molecule has 0 bridgehead atoms. The molecule has 3 heterocycles. The van der Waals surface area contributed by atoms with E-state index >= 15 is 0 Å². The molecule has 2 fully saturated rings. The number of aromatic nitrogens is 2. The minimum atomic E-state index is -0.151. The van der Waals surface area contributed by atoms with Crippen LogP contribution >= 0.6 is 0 Å². The first-order valence-electron chi connectivity index (χ1n) is 11.3. The van der Waals surface area contributed by atoms with E-state index in [4.69, 9.17) is 15.5 Å². The Hall–Kier alpha value is -2.51. The molecule has 1 amide bonds. The zero-order valence-electron chi connectivity index (χ0n) is 18.6. The molecule has 0 spiro atoms. The quantitative estimate of drug-likeness (QED) is 0.795. The van der Waals surface area contributed by atoms with Crippen LogP contribution in [0, 0.1) is 6.92 Å². The summed E-state index contributed by atoms with van der Waals surface area (Å²) in [6, 6.07) is 8.27. The van der Waals surface area contributed by atoms with Crippen molar-refractivity contribution in [3.8, 4) is 11.1 Å². The molecule has 7 nitrogen and oxygen atoms in total. The fourth-order valence-corrected chi connectivity index (χ4v) is 4.60. The Morgan fingerprint density at radius 3 is 2.77 bits per heavy atom. The van der Waals surface area contributed by atoms with E-state index in [1.807, 2.05) is 31.0 Å². The molecule has 7 heteroatoms. The van der Waals surface area contributed by atoms with E-state index in [0.29, 0.717) is 31.6 Å². The number of anilines is 1. The summed E-state index contributed by atoms with van der Waals surface area (Å²) in [5.41, 5.74) is 9.59. The molecule has 0 aromatic carbocycles. The van der Waals surface area contributed by atoms with Gasteiger partial charge in [0.05, 0.1) is 18.8 Å². The van der Waals surface area contributed by atoms with Crippen molar-refractivity contribution in [1.82, 2.24) is 19.8 Å². The van der Waals surface area contributed by atoms with Gasteiger partial charge in [-0.1, -0.05) is 19.3 Å². The Balaban J connectivity index is 1.43. The normalized spacial score (nSPS) is 20.5. The highest BCUT2D eigenvalue weighted by atomic mass is 16.5. The number of likely N-dealkylation sites (N-methyl/N-ethyl adjacent to an activating group) is 1. The van der Waals surface area contributed by atoms with Crippen LogP contribution in [0.5, 0.6) is 0 Å². The van der Waals surface area contributed by atoms with Crippen molar-refractivity contribution in [3.05, 3.63) is 41.9 Å². The van der Waals surface area contributed by atoms with E-state index in [1.54, 1.807) is 12.3 Å². The molecule has 166 valence electrons. The number of aryl methyl sites for hydroxylation is 1. The molecule has 1 atom stereocenters. The maximum absolute atomic E-state index is 12.9. The molecule has 0 radical (unpaired) electrons. The lowest BCUT2D eigenvalue weighted by molar-refractivity contribution is -0.135. The van der Waals surface area contributed by atoms with Crippen molar-refractivity contribution in [3.63, 3.8) is 0 Å². The lowest BCUT2D eigenvalue weighted by Crippen LogP contribution is -2.47. The summed E-state index contributed by atoms with van der Waals surface area (Å²) in [5, 5.41) is 0. The van der Waals surface area contributed by atoms with Gasteiger partial charge in [0, 0.05) is 43.6 Å². The number of nitrogens with two attached hydrogens (primary N) is 1. The van der Waals surface area contributed by atoms with Crippen LogP contribution < -0.4 is 5.73 Å². The first-order chi connectivity index (χ1) is 15.0.